The van der Waals surface area contributed by atoms with Gasteiger partial charge in [-0.05, 0) is 26.0 Å². The van der Waals surface area contributed by atoms with Gasteiger partial charge in [-0.25, -0.2) is 9.18 Å². The second-order valence-corrected chi connectivity index (χ2v) is 8.05. The lowest BCUT2D eigenvalue weighted by Crippen LogP contribution is -2.54. The Morgan fingerprint density at radius 1 is 1.28 bits per heavy atom. The van der Waals surface area contributed by atoms with Crippen molar-refractivity contribution in [3.8, 4) is 5.75 Å². The molecule has 1 aromatic heterocycles. The summed E-state index contributed by atoms with van der Waals surface area (Å²) in [4.78, 5) is 38.4. The van der Waals surface area contributed by atoms with Crippen molar-refractivity contribution in [3.63, 3.8) is 0 Å². The molecule has 0 aliphatic carbocycles. The summed E-state index contributed by atoms with van der Waals surface area (Å²) >= 11 is 0. The molecule has 2 aliphatic heterocycles. The molecule has 172 valence electrons. The zero-order chi connectivity index (χ0) is 23.0. The smallest absolute Gasteiger partial charge is 0.328 e. The van der Waals surface area contributed by atoms with Gasteiger partial charge in [0, 0.05) is 18.8 Å². The number of benzene rings is 1. The van der Waals surface area contributed by atoms with Crippen molar-refractivity contribution in [1.82, 2.24) is 14.9 Å². The molecular formula is C21H24FN3O7. The lowest BCUT2D eigenvalue weighted by Gasteiger charge is -2.37. The number of amides is 1. The third-order valence-corrected chi connectivity index (χ3v) is 5.49. The Balaban J connectivity index is 1.51. The number of carbonyl (C=O) groups excluding carboxylic acids is 1. The normalized spacial score (nSPS) is 26.4. The first-order chi connectivity index (χ1) is 15.2. The Morgan fingerprint density at radius 3 is 2.75 bits per heavy atom. The lowest BCUT2D eigenvalue weighted by molar-refractivity contribution is -0.153. The molecule has 0 saturated carbocycles. The molecule has 4 atom stereocenters. The highest BCUT2D eigenvalue weighted by Gasteiger charge is 2.52. The van der Waals surface area contributed by atoms with Crippen LogP contribution in [0.25, 0.3) is 0 Å². The number of nitrogens with one attached hydrogen (secondary N) is 2. The van der Waals surface area contributed by atoms with Gasteiger partial charge in [0.25, 0.3) is 11.5 Å². The van der Waals surface area contributed by atoms with Crippen LogP contribution in [0, 0.1) is 5.82 Å². The van der Waals surface area contributed by atoms with E-state index in [9.17, 15) is 18.8 Å². The largest absolute Gasteiger partial charge is 0.494 e. The van der Waals surface area contributed by atoms with Crippen molar-refractivity contribution in [3.05, 3.63) is 62.7 Å². The van der Waals surface area contributed by atoms with Gasteiger partial charge in [0.15, 0.2) is 17.4 Å². The number of aromatic nitrogens is 2. The molecule has 32 heavy (non-hydrogen) atoms. The number of ether oxygens (including phenoxy) is 4. The fraction of sp³-hybridized carbons (Fsp3) is 0.476. The minimum Gasteiger partial charge on any atom is -0.494 e. The Morgan fingerprint density at radius 2 is 2.03 bits per heavy atom. The average molecular weight is 449 g/mol. The van der Waals surface area contributed by atoms with Gasteiger partial charge < -0.3 is 24.3 Å². The maximum absolute atomic E-state index is 14.4. The molecule has 10 nitrogen and oxygen atoms in total. The van der Waals surface area contributed by atoms with Crippen LogP contribution in [0.15, 0.2) is 40.1 Å². The number of hydrogen-bond acceptors (Lipinski definition) is 7. The Kier molecular flexibility index (Phi) is 5.89. The summed E-state index contributed by atoms with van der Waals surface area (Å²) in [5, 5.41) is 2.66. The van der Waals surface area contributed by atoms with E-state index in [0.717, 1.165) is 0 Å². The number of fused-ring (bicyclic) bond motifs is 1. The molecule has 0 radical (unpaired) electrons. The van der Waals surface area contributed by atoms with Crippen molar-refractivity contribution in [2.75, 3.05) is 20.3 Å². The standard InChI is InChI=1S/C21H24FN3O7/c1-21(2)31-17-12(25-8-7-15(26)24-20(25)28)10-30-14(18(17)32-21)9-23-19(27)11-5-4-6-13(29-3)16(11)22/h4-8,12,14,17-18H,9-10H2,1-3H3,(H,23,27)(H,24,26,28)/t12-,14-,17+,18-/m1/s1. The van der Waals surface area contributed by atoms with Crippen LogP contribution in [0.2, 0.25) is 0 Å². The van der Waals surface area contributed by atoms with Gasteiger partial charge in [0.2, 0.25) is 0 Å². The van der Waals surface area contributed by atoms with Gasteiger partial charge in [0.05, 0.1) is 25.3 Å². The molecule has 0 spiro atoms. The van der Waals surface area contributed by atoms with Crippen molar-refractivity contribution in [2.24, 2.45) is 0 Å². The number of methoxy groups -OCH3 is 1. The molecule has 2 saturated heterocycles. The van der Waals surface area contributed by atoms with Crippen molar-refractivity contribution < 1.29 is 28.1 Å². The van der Waals surface area contributed by atoms with Crippen molar-refractivity contribution in [2.45, 2.75) is 44.0 Å². The van der Waals surface area contributed by atoms with Gasteiger partial charge in [-0.15, -0.1) is 0 Å². The monoisotopic (exact) mass is 449 g/mol. The number of halogens is 1. The molecule has 4 rings (SSSR count). The Labute approximate surface area is 182 Å². The predicted molar refractivity (Wildman–Crippen MR) is 109 cm³/mol. The van der Waals surface area contributed by atoms with Crippen molar-refractivity contribution in [1.29, 1.82) is 0 Å². The van der Waals surface area contributed by atoms with E-state index in [1.807, 2.05) is 0 Å². The summed E-state index contributed by atoms with van der Waals surface area (Å²) in [6.45, 7) is 3.59. The fourth-order valence-corrected chi connectivity index (χ4v) is 4.05. The van der Waals surface area contributed by atoms with E-state index in [-0.39, 0.29) is 24.5 Å². The predicted octanol–water partition coefficient (Wildman–Crippen LogP) is 0.574. The molecule has 2 aromatic rings. The number of hydrogen-bond donors (Lipinski definition) is 2. The number of carbonyl (C=O) groups is 1. The van der Waals surface area contributed by atoms with Crippen LogP contribution in [0.1, 0.15) is 30.2 Å². The fourth-order valence-electron chi connectivity index (χ4n) is 4.05. The molecule has 0 bridgehead atoms. The van der Waals surface area contributed by atoms with Crippen molar-refractivity contribution >= 4 is 5.91 Å². The first-order valence-corrected chi connectivity index (χ1v) is 10.1. The van der Waals surface area contributed by atoms with Crippen LogP contribution in [0.3, 0.4) is 0 Å². The van der Waals surface area contributed by atoms with Crippen LogP contribution >= 0.6 is 0 Å². The maximum atomic E-state index is 14.4. The lowest BCUT2D eigenvalue weighted by atomic mass is 9.97. The van der Waals surface area contributed by atoms with E-state index < -0.39 is 53.1 Å². The summed E-state index contributed by atoms with van der Waals surface area (Å²) in [5.41, 5.74) is -1.24. The first kappa shape index (κ1) is 22.2. The van der Waals surface area contributed by atoms with Gasteiger partial charge >= 0.3 is 5.69 Å². The average Bonchev–Trinajstić information content (AvgIpc) is 3.07. The minimum atomic E-state index is -0.950. The highest BCUT2D eigenvalue weighted by molar-refractivity contribution is 5.94. The number of nitrogens with zero attached hydrogens (tertiary/aromatic N) is 1. The molecule has 2 N–H and O–H groups in total. The molecule has 3 heterocycles. The van der Waals surface area contributed by atoms with E-state index in [4.69, 9.17) is 18.9 Å². The van der Waals surface area contributed by atoms with Gasteiger partial charge in [-0.1, -0.05) is 6.07 Å². The number of aromatic amines is 1. The molecule has 2 aliphatic rings. The summed E-state index contributed by atoms with van der Waals surface area (Å²) in [6, 6.07) is 4.99. The first-order valence-electron chi connectivity index (χ1n) is 10.1. The highest BCUT2D eigenvalue weighted by Crippen LogP contribution is 2.39. The maximum Gasteiger partial charge on any atom is 0.328 e. The van der Waals surface area contributed by atoms with Gasteiger partial charge in [-0.3, -0.25) is 19.1 Å². The van der Waals surface area contributed by atoms with E-state index in [2.05, 4.69) is 10.3 Å². The topological polar surface area (TPSA) is 121 Å². The van der Waals surface area contributed by atoms with E-state index in [1.165, 1.54) is 42.1 Å². The van der Waals surface area contributed by atoms with Gasteiger partial charge in [-0.2, -0.15) is 0 Å². The summed E-state index contributed by atoms with van der Waals surface area (Å²) in [6.07, 6.45) is -0.404. The minimum absolute atomic E-state index is 0.0311. The van der Waals surface area contributed by atoms with E-state index in [0.29, 0.717) is 0 Å². The third kappa shape index (κ3) is 4.18. The van der Waals surface area contributed by atoms with E-state index in [1.54, 1.807) is 13.8 Å². The molecule has 11 heteroatoms. The Hall–Kier alpha value is -3.02. The summed E-state index contributed by atoms with van der Waals surface area (Å²) in [7, 11) is 1.32. The van der Waals surface area contributed by atoms with Crippen LogP contribution in [0.5, 0.6) is 5.75 Å². The molecular weight excluding hydrogens is 425 g/mol. The van der Waals surface area contributed by atoms with Crippen LogP contribution in [-0.2, 0) is 14.2 Å². The molecule has 1 aromatic carbocycles. The zero-order valence-electron chi connectivity index (χ0n) is 17.8. The summed E-state index contributed by atoms with van der Waals surface area (Å²) in [5.74, 6) is -2.36. The van der Waals surface area contributed by atoms with Crippen LogP contribution in [-0.4, -0.2) is 59.8 Å². The second-order valence-electron chi connectivity index (χ2n) is 8.05. The molecule has 2 fully saturated rings. The van der Waals surface area contributed by atoms with Crippen LogP contribution in [0.4, 0.5) is 4.39 Å². The highest BCUT2D eigenvalue weighted by atomic mass is 19.1. The summed E-state index contributed by atoms with van der Waals surface area (Å²) < 4.78 is 38.6. The zero-order valence-corrected chi connectivity index (χ0v) is 17.8. The number of rotatable bonds is 5. The van der Waals surface area contributed by atoms with Crippen LogP contribution < -0.4 is 21.3 Å². The quantitative estimate of drug-likeness (QED) is 0.685. The molecule has 1 amide bonds. The SMILES string of the molecule is COc1cccc(C(=O)NC[C@H]2OC[C@@H](n3ccc(=O)[nH]c3=O)[C@@H]3OC(C)(C)O[C@@H]32)c1F. The third-order valence-electron chi connectivity index (χ3n) is 5.49. The second kappa shape index (κ2) is 8.49. The molecule has 0 unspecified atom stereocenters. The number of H-pyrrole nitrogens is 1. The Bertz CT molecular complexity index is 1130. The van der Waals surface area contributed by atoms with Gasteiger partial charge in [0.1, 0.15) is 18.3 Å². The van der Waals surface area contributed by atoms with E-state index >= 15 is 0 Å².